The minimum atomic E-state index is -0.407. The number of nitrogens with zero attached hydrogens (tertiary/aromatic N) is 1. The number of methoxy groups -OCH3 is 2. The molecule has 0 aromatic heterocycles. The Bertz CT molecular complexity index is 927. The molecule has 0 saturated heterocycles. The molecule has 5 rings (SSSR count). The summed E-state index contributed by atoms with van der Waals surface area (Å²) in [6.07, 6.45) is 1.46. The van der Waals surface area contributed by atoms with Crippen LogP contribution in [0.3, 0.4) is 0 Å². The van der Waals surface area contributed by atoms with Crippen LogP contribution in [0.4, 0.5) is 0 Å². The molecule has 1 N–H and O–H groups in total. The molecule has 2 aromatic carbocycles. The number of likely N-dealkylation sites (N-methyl/N-ethyl adjacent to an activating group) is 1. The normalized spacial score (nSPS) is 25.5. The number of hydrogen-bond acceptors (Lipinski definition) is 6. The number of ether oxygens (including phenoxy) is 4. The van der Waals surface area contributed by atoms with Crippen LogP contribution in [0.1, 0.15) is 28.4 Å². The third kappa shape index (κ3) is 2.08. The van der Waals surface area contributed by atoms with Gasteiger partial charge in [0.15, 0.2) is 23.0 Å². The number of aromatic hydroxyl groups is 1. The molecule has 0 radical (unpaired) electrons. The van der Waals surface area contributed by atoms with E-state index in [0.29, 0.717) is 5.75 Å². The molecule has 6 heteroatoms. The van der Waals surface area contributed by atoms with Gasteiger partial charge in [-0.3, -0.25) is 4.90 Å². The molecule has 1 aliphatic carbocycles. The van der Waals surface area contributed by atoms with Crippen LogP contribution in [0.5, 0.6) is 23.0 Å². The van der Waals surface area contributed by atoms with Crippen molar-refractivity contribution >= 4 is 0 Å². The van der Waals surface area contributed by atoms with Crippen LogP contribution in [-0.4, -0.2) is 44.6 Å². The first-order valence-electron chi connectivity index (χ1n) is 9.16. The van der Waals surface area contributed by atoms with Crippen LogP contribution in [0.25, 0.3) is 0 Å². The van der Waals surface area contributed by atoms with Gasteiger partial charge in [-0.15, -0.1) is 0 Å². The van der Waals surface area contributed by atoms with Crippen molar-refractivity contribution in [2.75, 3.05) is 34.6 Å². The minimum Gasteiger partial charge on any atom is -0.504 e. The van der Waals surface area contributed by atoms with Crippen LogP contribution >= 0.6 is 0 Å². The minimum absolute atomic E-state index is 0.154. The van der Waals surface area contributed by atoms with Crippen LogP contribution in [0.15, 0.2) is 24.3 Å². The molecule has 0 fully saturated rings. The highest BCUT2D eigenvalue weighted by molar-refractivity contribution is 5.61. The number of fused-ring (bicyclic) bond motifs is 5. The average Bonchev–Trinajstić information content (AvgIpc) is 3.27. The average molecular weight is 369 g/mol. The van der Waals surface area contributed by atoms with E-state index in [1.165, 1.54) is 11.1 Å². The molecule has 0 saturated carbocycles. The Morgan fingerprint density at radius 3 is 2.81 bits per heavy atom. The molecule has 2 atom stereocenters. The summed E-state index contributed by atoms with van der Waals surface area (Å²) in [5.41, 5.74) is 4.12. The van der Waals surface area contributed by atoms with Crippen molar-refractivity contribution in [3.8, 4) is 23.0 Å². The van der Waals surface area contributed by atoms with Crippen molar-refractivity contribution in [1.29, 1.82) is 0 Å². The molecule has 27 heavy (non-hydrogen) atoms. The molecule has 1 spiro atoms. The lowest BCUT2D eigenvalue weighted by Crippen LogP contribution is -2.51. The molecule has 2 unspecified atom stereocenters. The molecule has 2 heterocycles. The third-order valence-electron chi connectivity index (χ3n) is 6.33. The maximum Gasteiger partial charge on any atom is 0.231 e. The van der Waals surface area contributed by atoms with Gasteiger partial charge in [-0.25, -0.2) is 0 Å². The van der Waals surface area contributed by atoms with Gasteiger partial charge >= 0.3 is 0 Å². The van der Waals surface area contributed by atoms with Crippen molar-refractivity contribution in [3.63, 3.8) is 0 Å². The van der Waals surface area contributed by atoms with Crippen LogP contribution < -0.4 is 14.2 Å². The zero-order valence-electron chi connectivity index (χ0n) is 15.7. The van der Waals surface area contributed by atoms with E-state index < -0.39 is 5.54 Å². The second-order valence-corrected chi connectivity index (χ2v) is 7.44. The van der Waals surface area contributed by atoms with Gasteiger partial charge in [-0.2, -0.15) is 0 Å². The van der Waals surface area contributed by atoms with Crippen LogP contribution in [0.2, 0.25) is 0 Å². The van der Waals surface area contributed by atoms with Crippen molar-refractivity contribution in [2.24, 2.45) is 0 Å². The summed E-state index contributed by atoms with van der Waals surface area (Å²) < 4.78 is 22.8. The molecular formula is C21H23NO5. The van der Waals surface area contributed by atoms with E-state index in [-0.39, 0.29) is 18.6 Å². The number of phenolic OH excluding ortho intramolecular Hbond substituents is 1. The summed E-state index contributed by atoms with van der Waals surface area (Å²) in [5, 5.41) is 10.5. The summed E-state index contributed by atoms with van der Waals surface area (Å²) in [4.78, 5) is 2.34. The largest absolute Gasteiger partial charge is 0.504 e. The van der Waals surface area contributed by atoms with Gasteiger partial charge < -0.3 is 24.1 Å². The van der Waals surface area contributed by atoms with Gasteiger partial charge in [0.1, 0.15) is 6.10 Å². The summed E-state index contributed by atoms with van der Waals surface area (Å²) in [6, 6.07) is 7.88. The highest BCUT2D eigenvalue weighted by Gasteiger charge is 2.55. The molecule has 3 aliphatic rings. The van der Waals surface area contributed by atoms with Gasteiger partial charge in [-0.05, 0) is 54.8 Å². The molecule has 2 aliphatic heterocycles. The number of rotatable bonds is 2. The predicted molar refractivity (Wildman–Crippen MR) is 98.7 cm³/mol. The first-order valence-corrected chi connectivity index (χ1v) is 9.16. The van der Waals surface area contributed by atoms with E-state index >= 15 is 0 Å². The van der Waals surface area contributed by atoms with Gasteiger partial charge in [0.25, 0.3) is 0 Å². The topological polar surface area (TPSA) is 60.4 Å². The van der Waals surface area contributed by atoms with Crippen molar-refractivity contribution < 1.29 is 24.1 Å². The fraction of sp³-hybridized carbons (Fsp3) is 0.429. The number of hydrogen-bond donors (Lipinski definition) is 1. The van der Waals surface area contributed by atoms with Gasteiger partial charge in [0.05, 0.1) is 12.6 Å². The Morgan fingerprint density at radius 1 is 1.19 bits per heavy atom. The van der Waals surface area contributed by atoms with Crippen LogP contribution in [-0.2, 0) is 23.1 Å². The lowest BCUT2D eigenvalue weighted by Gasteiger charge is -2.47. The second-order valence-electron chi connectivity index (χ2n) is 7.44. The summed E-state index contributed by atoms with van der Waals surface area (Å²) in [5.74, 6) is 2.22. The van der Waals surface area contributed by atoms with Gasteiger partial charge in [0, 0.05) is 19.2 Å². The molecule has 142 valence electrons. The zero-order valence-corrected chi connectivity index (χ0v) is 15.7. The number of phenols is 1. The van der Waals surface area contributed by atoms with E-state index in [9.17, 15) is 5.11 Å². The lowest BCUT2D eigenvalue weighted by atomic mass is 9.76. The quantitative estimate of drug-likeness (QED) is 0.878. The van der Waals surface area contributed by atoms with Crippen LogP contribution in [0, 0.1) is 0 Å². The van der Waals surface area contributed by atoms with E-state index in [1.807, 2.05) is 18.2 Å². The van der Waals surface area contributed by atoms with Crippen molar-refractivity contribution in [2.45, 2.75) is 24.5 Å². The highest BCUT2D eigenvalue weighted by atomic mass is 16.7. The smallest absolute Gasteiger partial charge is 0.231 e. The first-order chi connectivity index (χ1) is 13.1. The molecular weight excluding hydrogens is 346 g/mol. The van der Waals surface area contributed by atoms with E-state index in [2.05, 4.69) is 18.0 Å². The highest BCUT2D eigenvalue weighted by Crippen LogP contribution is 2.58. The molecule has 2 aromatic rings. The zero-order chi connectivity index (χ0) is 18.8. The first kappa shape index (κ1) is 16.7. The standard InChI is InChI=1S/C21H23NO5/c1-22-7-6-12-8-17(24-2)15(23)9-14(12)21(22)10-13-4-5-16-19(27-11-26-16)18(13)20(21)25-3/h4-5,8-9,20,23H,6-7,10-11H2,1-3H3. The Morgan fingerprint density at radius 2 is 2.04 bits per heavy atom. The number of benzene rings is 2. The Labute approximate surface area is 158 Å². The van der Waals surface area contributed by atoms with E-state index in [4.69, 9.17) is 18.9 Å². The second kappa shape index (κ2) is 5.78. The summed E-state index contributed by atoms with van der Waals surface area (Å²) in [6.45, 7) is 1.13. The SMILES string of the molecule is COc1cc2c(cc1O)C1(Cc3ccc4c(c3C1OC)OCO4)N(C)CC2. The predicted octanol–water partition coefficient (Wildman–Crippen LogP) is 2.76. The molecule has 0 bridgehead atoms. The Kier molecular flexibility index (Phi) is 3.58. The fourth-order valence-corrected chi connectivity index (χ4v) is 5.06. The third-order valence-corrected chi connectivity index (χ3v) is 6.33. The maximum atomic E-state index is 10.5. The van der Waals surface area contributed by atoms with E-state index in [0.717, 1.165) is 42.0 Å². The summed E-state index contributed by atoms with van der Waals surface area (Å²) in [7, 11) is 5.44. The Hall–Kier alpha value is -2.44. The molecule has 6 nitrogen and oxygen atoms in total. The van der Waals surface area contributed by atoms with Crippen molar-refractivity contribution in [1.82, 2.24) is 4.90 Å². The fourth-order valence-electron chi connectivity index (χ4n) is 5.06. The van der Waals surface area contributed by atoms with E-state index in [1.54, 1.807) is 14.2 Å². The summed E-state index contributed by atoms with van der Waals surface area (Å²) >= 11 is 0. The van der Waals surface area contributed by atoms with Gasteiger partial charge in [0.2, 0.25) is 6.79 Å². The van der Waals surface area contributed by atoms with Gasteiger partial charge in [-0.1, -0.05) is 6.07 Å². The maximum absolute atomic E-state index is 10.5. The monoisotopic (exact) mass is 369 g/mol. The van der Waals surface area contributed by atoms with Crippen molar-refractivity contribution in [3.05, 3.63) is 46.5 Å². The lowest BCUT2D eigenvalue weighted by molar-refractivity contribution is -0.0464. The molecule has 0 amide bonds. The Balaban J connectivity index is 1.74.